The Kier molecular flexibility index (Phi) is 3.50. The van der Waals surface area contributed by atoms with Gasteiger partial charge in [-0.2, -0.15) is 0 Å². The summed E-state index contributed by atoms with van der Waals surface area (Å²) < 4.78 is 13.3. The van der Waals surface area contributed by atoms with E-state index in [-0.39, 0.29) is 5.56 Å². The third-order valence-corrected chi connectivity index (χ3v) is 2.41. The van der Waals surface area contributed by atoms with E-state index in [9.17, 15) is 9.18 Å². The van der Waals surface area contributed by atoms with Crippen molar-refractivity contribution in [1.82, 2.24) is 5.32 Å². The summed E-state index contributed by atoms with van der Waals surface area (Å²) in [5.74, 6) is -0.898. The third kappa shape index (κ3) is 2.91. The minimum absolute atomic E-state index is 0.0726. The van der Waals surface area contributed by atoms with E-state index in [1.54, 1.807) is 12.1 Å². The Morgan fingerprint density at radius 2 is 1.65 bits per heavy atom. The van der Waals surface area contributed by atoms with Crippen LogP contribution in [0, 0.1) is 5.82 Å². The molecule has 2 aromatic carbocycles. The normalized spacial score (nSPS) is 9.94. The van der Waals surface area contributed by atoms with Gasteiger partial charge in [-0.3, -0.25) is 4.79 Å². The molecule has 0 aliphatic rings. The Labute approximate surface area is 99.1 Å². The molecule has 0 aliphatic heterocycles. The van der Waals surface area contributed by atoms with Crippen molar-refractivity contribution in [3.05, 3.63) is 71.5 Å². The molecule has 1 amide bonds. The lowest BCUT2D eigenvalue weighted by atomic mass is 10.2. The highest BCUT2D eigenvalue weighted by Gasteiger charge is 2.09. The summed E-state index contributed by atoms with van der Waals surface area (Å²) in [6.45, 7) is 0.397. The second-order valence-electron chi connectivity index (χ2n) is 3.65. The van der Waals surface area contributed by atoms with Crippen molar-refractivity contribution in [3.8, 4) is 0 Å². The monoisotopic (exact) mass is 229 g/mol. The fourth-order valence-corrected chi connectivity index (χ4v) is 1.52. The fraction of sp³-hybridized carbons (Fsp3) is 0.0714. The summed E-state index contributed by atoms with van der Waals surface area (Å²) in [6.07, 6.45) is 0. The third-order valence-electron chi connectivity index (χ3n) is 2.41. The van der Waals surface area contributed by atoms with Gasteiger partial charge in [-0.25, -0.2) is 4.39 Å². The lowest BCUT2D eigenvalue weighted by Gasteiger charge is -2.05. The molecule has 0 atom stereocenters. The Balaban J connectivity index is 2.01. The van der Waals surface area contributed by atoms with E-state index < -0.39 is 11.7 Å². The highest BCUT2D eigenvalue weighted by atomic mass is 19.1. The zero-order valence-corrected chi connectivity index (χ0v) is 9.19. The first-order valence-corrected chi connectivity index (χ1v) is 5.34. The molecule has 0 bridgehead atoms. The molecule has 0 radical (unpaired) electrons. The van der Waals surface area contributed by atoms with Crippen LogP contribution in [0.1, 0.15) is 15.9 Å². The number of hydrogen-bond donors (Lipinski definition) is 1. The largest absolute Gasteiger partial charge is 0.348 e. The van der Waals surface area contributed by atoms with Crippen molar-refractivity contribution in [2.45, 2.75) is 6.54 Å². The summed E-state index contributed by atoms with van der Waals surface area (Å²) in [5, 5.41) is 2.68. The predicted molar refractivity (Wildman–Crippen MR) is 64.0 cm³/mol. The van der Waals surface area contributed by atoms with Crippen molar-refractivity contribution < 1.29 is 9.18 Å². The van der Waals surface area contributed by atoms with Gasteiger partial charge in [0.25, 0.3) is 5.91 Å². The maximum absolute atomic E-state index is 13.3. The summed E-state index contributed by atoms with van der Waals surface area (Å²) in [4.78, 5) is 11.7. The molecule has 3 heteroatoms. The predicted octanol–water partition coefficient (Wildman–Crippen LogP) is 2.76. The van der Waals surface area contributed by atoms with Crippen LogP contribution >= 0.6 is 0 Å². The average molecular weight is 229 g/mol. The van der Waals surface area contributed by atoms with Crippen molar-refractivity contribution in [1.29, 1.82) is 0 Å². The SMILES string of the molecule is O=C(NCc1ccccc1)c1ccccc1F. The fourth-order valence-electron chi connectivity index (χ4n) is 1.52. The minimum atomic E-state index is -0.502. The first-order valence-electron chi connectivity index (χ1n) is 5.34. The molecule has 0 fully saturated rings. The molecule has 2 rings (SSSR count). The van der Waals surface area contributed by atoms with Gasteiger partial charge in [0.1, 0.15) is 5.82 Å². The number of carbonyl (C=O) groups excluding carboxylic acids is 1. The number of hydrogen-bond acceptors (Lipinski definition) is 1. The molecule has 0 spiro atoms. The van der Waals surface area contributed by atoms with E-state index in [1.165, 1.54) is 12.1 Å². The summed E-state index contributed by atoms with van der Waals surface area (Å²) in [6, 6.07) is 15.4. The number of amides is 1. The number of halogens is 1. The van der Waals surface area contributed by atoms with E-state index in [0.29, 0.717) is 6.54 Å². The van der Waals surface area contributed by atoms with Crippen LogP contribution in [0.3, 0.4) is 0 Å². The molecule has 2 nitrogen and oxygen atoms in total. The first-order chi connectivity index (χ1) is 8.27. The Bertz CT molecular complexity index is 511. The highest BCUT2D eigenvalue weighted by molar-refractivity contribution is 5.94. The van der Waals surface area contributed by atoms with Gasteiger partial charge < -0.3 is 5.32 Å². The van der Waals surface area contributed by atoms with Crippen LogP contribution in [0.25, 0.3) is 0 Å². The van der Waals surface area contributed by atoms with Crippen molar-refractivity contribution >= 4 is 5.91 Å². The number of nitrogens with one attached hydrogen (secondary N) is 1. The van der Waals surface area contributed by atoms with Crippen molar-refractivity contribution in [2.24, 2.45) is 0 Å². The smallest absolute Gasteiger partial charge is 0.254 e. The molecule has 0 saturated carbocycles. The average Bonchev–Trinajstić information content (AvgIpc) is 2.38. The van der Waals surface area contributed by atoms with Crippen LogP contribution < -0.4 is 5.32 Å². The Morgan fingerprint density at radius 1 is 1.00 bits per heavy atom. The summed E-state index contributed by atoms with van der Waals surface area (Å²) in [7, 11) is 0. The highest BCUT2D eigenvalue weighted by Crippen LogP contribution is 2.06. The van der Waals surface area contributed by atoms with Gasteiger partial charge >= 0.3 is 0 Å². The van der Waals surface area contributed by atoms with Gasteiger partial charge in [0.15, 0.2) is 0 Å². The summed E-state index contributed by atoms with van der Waals surface area (Å²) in [5.41, 5.74) is 1.06. The molecule has 86 valence electrons. The summed E-state index contributed by atoms with van der Waals surface area (Å²) >= 11 is 0. The molecule has 0 aromatic heterocycles. The van der Waals surface area contributed by atoms with E-state index >= 15 is 0 Å². The quantitative estimate of drug-likeness (QED) is 0.861. The zero-order valence-electron chi connectivity index (χ0n) is 9.19. The topological polar surface area (TPSA) is 29.1 Å². The molecule has 0 unspecified atom stereocenters. The number of carbonyl (C=O) groups is 1. The Hall–Kier alpha value is -2.16. The van der Waals surface area contributed by atoms with Crippen molar-refractivity contribution in [2.75, 3.05) is 0 Å². The standard InChI is InChI=1S/C14H12FNO/c15-13-9-5-4-8-12(13)14(17)16-10-11-6-2-1-3-7-11/h1-9H,10H2,(H,16,17). The van der Waals surface area contributed by atoms with Gasteiger partial charge in [0.05, 0.1) is 5.56 Å². The van der Waals surface area contributed by atoms with E-state index in [2.05, 4.69) is 5.32 Å². The lowest BCUT2D eigenvalue weighted by molar-refractivity contribution is 0.0947. The van der Waals surface area contributed by atoms with E-state index in [0.717, 1.165) is 5.56 Å². The van der Waals surface area contributed by atoms with Crippen LogP contribution in [-0.2, 0) is 6.54 Å². The molecule has 17 heavy (non-hydrogen) atoms. The van der Waals surface area contributed by atoms with Gasteiger partial charge in [-0.15, -0.1) is 0 Å². The van der Waals surface area contributed by atoms with Gasteiger partial charge in [0.2, 0.25) is 0 Å². The minimum Gasteiger partial charge on any atom is -0.348 e. The maximum Gasteiger partial charge on any atom is 0.254 e. The van der Waals surface area contributed by atoms with Crippen LogP contribution in [0.5, 0.6) is 0 Å². The first kappa shape index (κ1) is 11.3. The molecule has 0 saturated heterocycles. The van der Waals surface area contributed by atoms with Gasteiger partial charge in [0, 0.05) is 6.54 Å². The van der Waals surface area contributed by atoms with Gasteiger partial charge in [-0.05, 0) is 17.7 Å². The second kappa shape index (κ2) is 5.25. The molecule has 2 aromatic rings. The van der Waals surface area contributed by atoms with Crippen LogP contribution in [0.4, 0.5) is 4.39 Å². The van der Waals surface area contributed by atoms with Crippen LogP contribution in [-0.4, -0.2) is 5.91 Å². The zero-order chi connectivity index (χ0) is 12.1. The second-order valence-corrected chi connectivity index (χ2v) is 3.65. The molecular weight excluding hydrogens is 217 g/mol. The number of rotatable bonds is 3. The molecule has 0 heterocycles. The van der Waals surface area contributed by atoms with Crippen LogP contribution in [0.15, 0.2) is 54.6 Å². The van der Waals surface area contributed by atoms with Gasteiger partial charge in [-0.1, -0.05) is 42.5 Å². The van der Waals surface area contributed by atoms with E-state index in [1.807, 2.05) is 30.3 Å². The van der Waals surface area contributed by atoms with E-state index in [4.69, 9.17) is 0 Å². The lowest BCUT2D eigenvalue weighted by Crippen LogP contribution is -2.23. The molecular formula is C14H12FNO. The molecule has 0 aliphatic carbocycles. The Morgan fingerprint density at radius 3 is 2.35 bits per heavy atom. The maximum atomic E-state index is 13.3. The molecule has 1 N–H and O–H groups in total. The van der Waals surface area contributed by atoms with Crippen LogP contribution in [0.2, 0.25) is 0 Å². The van der Waals surface area contributed by atoms with Crippen molar-refractivity contribution in [3.63, 3.8) is 0 Å². The number of benzene rings is 2.